The predicted molar refractivity (Wildman–Crippen MR) is 114 cm³/mol. The van der Waals surface area contributed by atoms with E-state index in [0.29, 0.717) is 11.1 Å². The van der Waals surface area contributed by atoms with Crippen LogP contribution in [0.5, 0.6) is 5.75 Å². The molecule has 2 amide bonds. The van der Waals surface area contributed by atoms with E-state index in [1.165, 1.54) is 6.07 Å². The van der Waals surface area contributed by atoms with Crippen molar-refractivity contribution in [2.45, 2.75) is 0 Å². The van der Waals surface area contributed by atoms with Gasteiger partial charge in [-0.1, -0.05) is 54.6 Å². The first-order valence-electron chi connectivity index (χ1n) is 9.18. The molecular weight excluding hydrogens is 380 g/mol. The number of amides is 2. The van der Waals surface area contributed by atoms with Crippen molar-refractivity contribution in [1.82, 2.24) is 9.97 Å². The van der Waals surface area contributed by atoms with Gasteiger partial charge in [-0.2, -0.15) is 0 Å². The van der Waals surface area contributed by atoms with E-state index < -0.39 is 11.8 Å². The van der Waals surface area contributed by atoms with Crippen molar-refractivity contribution in [3.63, 3.8) is 0 Å². The largest absolute Gasteiger partial charge is 0.507 e. The van der Waals surface area contributed by atoms with Gasteiger partial charge in [0.2, 0.25) is 0 Å². The minimum Gasteiger partial charge on any atom is -0.507 e. The number of rotatable bonds is 5. The number of nitrogens with two attached hydrogens (primary N) is 1. The number of anilines is 1. The lowest BCUT2D eigenvalue weighted by atomic mass is 10.0. The van der Waals surface area contributed by atoms with Crippen LogP contribution in [0.25, 0.3) is 22.5 Å². The zero-order valence-electron chi connectivity index (χ0n) is 15.8. The Morgan fingerprint density at radius 1 is 0.867 bits per heavy atom. The summed E-state index contributed by atoms with van der Waals surface area (Å²) in [5.74, 6) is -1.02. The number of aromatic hydroxyl groups is 1. The van der Waals surface area contributed by atoms with Crippen LogP contribution in [-0.4, -0.2) is 26.9 Å². The van der Waals surface area contributed by atoms with Crippen LogP contribution in [0.4, 0.5) is 5.82 Å². The van der Waals surface area contributed by atoms with Gasteiger partial charge in [0.25, 0.3) is 11.8 Å². The number of H-pyrrole nitrogens is 1. The number of primary amides is 1. The number of carbonyl (C=O) groups is 2. The summed E-state index contributed by atoms with van der Waals surface area (Å²) in [6.07, 6.45) is 0. The Morgan fingerprint density at radius 2 is 1.50 bits per heavy atom. The van der Waals surface area contributed by atoms with Crippen molar-refractivity contribution >= 4 is 17.6 Å². The summed E-state index contributed by atoms with van der Waals surface area (Å²) < 4.78 is 0. The molecule has 148 valence electrons. The fourth-order valence-corrected chi connectivity index (χ4v) is 3.07. The summed E-state index contributed by atoms with van der Waals surface area (Å²) in [6.45, 7) is 0. The van der Waals surface area contributed by atoms with Crippen LogP contribution < -0.4 is 11.1 Å². The molecular formula is C23H18N4O3. The maximum atomic E-state index is 12.7. The maximum absolute atomic E-state index is 12.7. The van der Waals surface area contributed by atoms with Crippen molar-refractivity contribution in [3.05, 3.63) is 90.1 Å². The minimum atomic E-state index is -0.779. The Bertz CT molecular complexity index is 1210. The SMILES string of the molecule is NC(=O)c1[nH]c(-c2ccccc2O)nc1NC(=O)c1ccc(-c2ccccc2)cc1. The van der Waals surface area contributed by atoms with Crippen LogP contribution >= 0.6 is 0 Å². The highest BCUT2D eigenvalue weighted by Crippen LogP contribution is 2.29. The van der Waals surface area contributed by atoms with E-state index in [-0.39, 0.29) is 23.1 Å². The fourth-order valence-electron chi connectivity index (χ4n) is 3.07. The molecule has 4 rings (SSSR count). The molecule has 3 aromatic carbocycles. The highest BCUT2D eigenvalue weighted by atomic mass is 16.3. The molecule has 4 aromatic rings. The standard InChI is InChI=1S/C23H18N4O3/c24-20(29)19-22(26-21(25-19)17-8-4-5-9-18(17)28)27-23(30)16-12-10-15(11-13-16)14-6-2-1-3-7-14/h1-13,28H,(H2,24,29)(H,25,26)(H,27,30). The molecule has 5 N–H and O–H groups in total. The zero-order chi connectivity index (χ0) is 21.1. The van der Waals surface area contributed by atoms with Crippen LogP contribution in [0.2, 0.25) is 0 Å². The molecule has 0 atom stereocenters. The summed E-state index contributed by atoms with van der Waals surface area (Å²) in [5, 5.41) is 12.6. The van der Waals surface area contributed by atoms with Crippen LogP contribution in [-0.2, 0) is 0 Å². The van der Waals surface area contributed by atoms with Gasteiger partial charge < -0.3 is 21.1 Å². The van der Waals surface area contributed by atoms with E-state index in [1.54, 1.807) is 30.3 Å². The van der Waals surface area contributed by atoms with Crippen molar-refractivity contribution in [2.24, 2.45) is 5.73 Å². The average Bonchev–Trinajstić information content (AvgIpc) is 3.18. The predicted octanol–water partition coefficient (Wildman–Crippen LogP) is 3.80. The Kier molecular flexibility index (Phi) is 5.00. The highest BCUT2D eigenvalue weighted by Gasteiger charge is 2.20. The molecule has 1 aromatic heterocycles. The zero-order valence-corrected chi connectivity index (χ0v) is 15.8. The lowest BCUT2D eigenvalue weighted by Gasteiger charge is -2.06. The van der Waals surface area contributed by atoms with Crippen molar-refractivity contribution in [1.29, 1.82) is 0 Å². The number of hydrogen-bond donors (Lipinski definition) is 4. The normalized spacial score (nSPS) is 10.5. The number of phenols is 1. The van der Waals surface area contributed by atoms with E-state index in [1.807, 2.05) is 42.5 Å². The number of para-hydroxylation sites is 1. The topological polar surface area (TPSA) is 121 Å². The molecule has 0 aliphatic rings. The Hall–Kier alpha value is -4.39. The second kappa shape index (κ2) is 7.92. The minimum absolute atomic E-state index is 0.00195. The van der Waals surface area contributed by atoms with Gasteiger partial charge in [0.05, 0.1) is 5.56 Å². The van der Waals surface area contributed by atoms with E-state index in [9.17, 15) is 14.7 Å². The number of aromatic nitrogens is 2. The summed E-state index contributed by atoms with van der Waals surface area (Å²) in [6, 6.07) is 23.4. The summed E-state index contributed by atoms with van der Waals surface area (Å²) in [7, 11) is 0. The number of benzene rings is 3. The summed E-state index contributed by atoms with van der Waals surface area (Å²) in [5.41, 5.74) is 8.17. The number of phenolic OH excluding ortho intramolecular Hbond substituents is 1. The number of nitrogens with one attached hydrogen (secondary N) is 2. The molecule has 1 heterocycles. The summed E-state index contributed by atoms with van der Waals surface area (Å²) in [4.78, 5) is 31.5. The second-order valence-corrected chi connectivity index (χ2v) is 6.59. The number of imidazole rings is 1. The monoisotopic (exact) mass is 398 g/mol. The fraction of sp³-hybridized carbons (Fsp3) is 0. The van der Waals surface area contributed by atoms with Gasteiger partial charge in [-0.05, 0) is 35.4 Å². The number of nitrogens with zero attached hydrogens (tertiary/aromatic N) is 1. The quantitative estimate of drug-likeness (QED) is 0.408. The third kappa shape index (κ3) is 3.77. The molecule has 0 fully saturated rings. The van der Waals surface area contributed by atoms with Gasteiger partial charge in [0, 0.05) is 5.56 Å². The molecule has 0 aliphatic heterocycles. The molecule has 7 nitrogen and oxygen atoms in total. The molecule has 30 heavy (non-hydrogen) atoms. The first kappa shape index (κ1) is 18.9. The van der Waals surface area contributed by atoms with E-state index >= 15 is 0 Å². The first-order chi connectivity index (χ1) is 14.5. The van der Waals surface area contributed by atoms with Gasteiger partial charge in [0.1, 0.15) is 17.3 Å². The number of hydrogen-bond acceptors (Lipinski definition) is 4. The number of carbonyl (C=O) groups excluding carboxylic acids is 2. The molecule has 0 spiro atoms. The van der Waals surface area contributed by atoms with E-state index in [4.69, 9.17) is 5.73 Å². The van der Waals surface area contributed by atoms with Crippen molar-refractivity contribution in [3.8, 4) is 28.3 Å². The third-order valence-corrected chi connectivity index (χ3v) is 4.60. The molecule has 0 unspecified atom stereocenters. The van der Waals surface area contributed by atoms with E-state index in [2.05, 4.69) is 15.3 Å². The second-order valence-electron chi connectivity index (χ2n) is 6.59. The molecule has 7 heteroatoms. The highest BCUT2D eigenvalue weighted by molar-refractivity contribution is 6.07. The molecule has 0 saturated heterocycles. The van der Waals surface area contributed by atoms with Gasteiger partial charge in [-0.25, -0.2) is 4.98 Å². The van der Waals surface area contributed by atoms with Crippen LogP contribution in [0.15, 0.2) is 78.9 Å². The Labute approximate surface area is 172 Å². The molecule has 0 bridgehead atoms. The van der Waals surface area contributed by atoms with Gasteiger partial charge in [-0.15, -0.1) is 0 Å². The lowest BCUT2D eigenvalue weighted by molar-refractivity contribution is 0.0997. The maximum Gasteiger partial charge on any atom is 0.269 e. The summed E-state index contributed by atoms with van der Waals surface area (Å²) >= 11 is 0. The first-order valence-corrected chi connectivity index (χ1v) is 9.18. The van der Waals surface area contributed by atoms with E-state index in [0.717, 1.165) is 11.1 Å². The van der Waals surface area contributed by atoms with Gasteiger partial charge >= 0.3 is 0 Å². The molecule has 0 aliphatic carbocycles. The Morgan fingerprint density at radius 3 is 2.17 bits per heavy atom. The average molecular weight is 398 g/mol. The molecule has 0 saturated carbocycles. The van der Waals surface area contributed by atoms with Crippen LogP contribution in [0.1, 0.15) is 20.8 Å². The van der Waals surface area contributed by atoms with Gasteiger partial charge in [0.15, 0.2) is 5.82 Å². The van der Waals surface area contributed by atoms with Crippen molar-refractivity contribution < 1.29 is 14.7 Å². The smallest absolute Gasteiger partial charge is 0.269 e. The lowest BCUT2D eigenvalue weighted by Crippen LogP contribution is -2.18. The van der Waals surface area contributed by atoms with Crippen molar-refractivity contribution in [2.75, 3.05) is 5.32 Å². The van der Waals surface area contributed by atoms with Gasteiger partial charge in [-0.3, -0.25) is 9.59 Å². The van der Waals surface area contributed by atoms with Crippen LogP contribution in [0.3, 0.4) is 0 Å². The number of aromatic amines is 1. The Balaban J connectivity index is 1.60. The van der Waals surface area contributed by atoms with Crippen LogP contribution in [0, 0.1) is 0 Å². The third-order valence-electron chi connectivity index (χ3n) is 4.60. The molecule has 0 radical (unpaired) electrons.